The van der Waals surface area contributed by atoms with Gasteiger partial charge in [-0.1, -0.05) is 80.6 Å². The zero-order chi connectivity index (χ0) is 25.1. The Morgan fingerprint density at radius 1 is 0.676 bits per heavy atom. The lowest BCUT2D eigenvalue weighted by Gasteiger charge is -2.25. The molecule has 0 aliphatic heterocycles. The molecule has 0 bridgehead atoms. The first-order valence-corrected chi connectivity index (χ1v) is 12.8. The SMILES string of the molecule is Cc1ccc2c(c1-c1oc3c4c(ccc3[n+]1C)oc1ccccc14)C(C)(C)c1c-2ccc2ccccc12. The van der Waals surface area contributed by atoms with E-state index in [0.29, 0.717) is 0 Å². The van der Waals surface area contributed by atoms with E-state index in [0.717, 1.165) is 38.9 Å². The van der Waals surface area contributed by atoms with E-state index in [4.69, 9.17) is 8.83 Å². The van der Waals surface area contributed by atoms with Crippen LogP contribution in [0.3, 0.4) is 0 Å². The van der Waals surface area contributed by atoms with Gasteiger partial charge in [0.2, 0.25) is 5.58 Å². The number of hydrogen-bond acceptors (Lipinski definition) is 2. The second-order valence-corrected chi connectivity index (χ2v) is 10.9. The summed E-state index contributed by atoms with van der Waals surface area (Å²) in [7, 11) is 2.11. The lowest BCUT2D eigenvalue weighted by atomic mass is 9.77. The van der Waals surface area contributed by atoms with Gasteiger partial charge in [0, 0.05) is 16.9 Å². The average molecular weight is 481 g/mol. The molecule has 2 heterocycles. The van der Waals surface area contributed by atoms with Crippen LogP contribution in [0.15, 0.2) is 93.8 Å². The number of nitrogens with zero attached hydrogens (tertiary/aromatic N) is 1. The first kappa shape index (κ1) is 20.8. The van der Waals surface area contributed by atoms with Crippen LogP contribution in [0, 0.1) is 6.92 Å². The summed E-state index contributed by atoms with van der Waals surface area (Å²) in [5, 5.41) is 4.72. The minimum Gasteiger partial charge on any atom is -0.456 e. The third-order valence-corrected chi connectivity index (χ3v) is 8.44. The molecule has 0 fully saturated rings. The molecule has 1 aliphatic rings. The summed E-state index contributed by atoms with van der Waals surface area (Å²) in [5.74, 6) is 0.882. The van der Waals surface area contributed by atoms with E-state index in [2.05, 4.69) is 105 Å². The summed E-state index contributed by atoms with van der Waals surface area (Å²) < 4.78 is 15.2. The Morgan fingerprint density at radius 3 is 2.27 bits per heavy atom. The fraction of sp³-hybridized carbons (Fsp3) is 0.147. The summed E-state index contributed by atoms with van der Waals surface area (Å²) in [4.78, 5) is 0. The van der Waals surface area contributed by atoms with E-state index >= 15 is 0 Å². The number of aryl methyl sites for hydroxylation is 2. The Bertz CT molecular complexity index is 2090. The van der Waals surface area contributed by atoms with Crippen LogP contribution in [-0.4, -0.2) is 0 Å². The second kappa shape index (κ2) is 6.89. The van der Waals surface area contributed by atoms with Crippen molar-refractivity contribution in [2.45, 2.75) is 26.2 Å². The van der Waals surface area contributed by atoms with Gasteiger partial charge in [-0.2, -0.15) is 4.57 Å². The fourth-order valence-corrected chi connectivity index (χ4v) is 6.79. The highest BCUT2D eigenvalue weighted by atomic mass is 16.4. The molecular weight excluding hydrogens is 454 g/mol. The normalized spacial score (nSPS) is 14.2. The molecule has 0 N–H and O–H groups in total. The van der Waals surface area contributed by atoms with Gasteiger partial charge in [0.05, 0.1) is 10.9 Å². The van der Waals surface area contributed by atoms with Crippen molar-refractivity contribution >= 4 is 43.8 Å². The standard InChI is InChI=1S/C34H26NO2/c1-19-13-15-23-22-16-14-20-9-5-6-10-21(20)30(22)34(2,3)31(23)28(19)33-35(4)25-17-18-27-29(32(25)37-33)24-11-7-8-12-26(24)36-27/h5-18H,1-4H3/q+1. The molecule has 0 unspecified atom stereocenters. The number of aromatic nitrogens is 1. The van der Waals surface area contributed by atoms with Crippen molar-refractivity contribution in [1.82, 2.24) is 0 Å². The molecule has 0 atom stereocenters. The molecule has 0 saturated carbocycles. The van der Waals surface area contributed by atoms with Crippen molar-refractivity contribution in [3.63, 3.8) is 0 Å². The van der Waals surface area contributed by atoms with Crippen molar-refractivity contribution in [3.05, 3.63) is 102 Å². The predicted octanol–water partition coefficient (Wildman–Crippen LogP) is 8.59. The minimum atomic E-state index is -0.184. The van der Waals surface area contributed by atoms with Crippen molar-refractivity contribution < 1.29 is 13.4 Å². The maximum atomic E-state index is 6.85. The highest BCUT2D eigenvalue weighted by molar-refractivity contribution is 6.15. The van der Waals surface area contributed by atoms with Crippen molar-refractivity contribution in [1.29, 1.82) is 0 Å². The largest absolute Gasteiger partial charge is 0.456 e. The number of oxazole rings is 1. The van der Waals surface area contributed by atoms with Crippen LogP contribution in [0.25, 0.3) is 66.4 Å². The quantitative estimate of drug-likeness (QED) is 0.220. The van der Waals surface area contributed by atoms with Gasteiger partial charge in [-0.05, 0) is 57.6 Å². The van der Waals surface area contributed by atoms with Gasteiger partial charge in [-0.25, -0.2) is 0 Å². The Hall–Kier alpha value is -4.37. The molecule has 3 heteroatoms. The van der Waals surface area contributed by atoms with E-state index in [1.807, 2.05) is 12.1 Å². The van der Waals surface area contributed by atoms with Gasteiger partial charge < -0.3 is 8.83 Å². The van der Waals surface area contributed by atoms with Gasteiger partial charge in [0.25, 0.3) is 5.52 Å². The van der Waals surface area contributed by atoms with Crippen LogP contribution in [0.5, 0.6) is 0 Å². The molecule has 2 aromatic heterocycles. The third-order valence-electron chi connectivity index (χ3n) is 8.44. The van der Waals surface area contributed by atoms with Crippen LogP contribution < -0.4 is 4.57 Å². The lowest BCUT2D eigenvalue weighted by molar-refractivity contribution is -0.637. The molecule has 1 aliphatic carbocycles. The molecular formula is C34H26NO2+. The molecule has 0 saturated heterocycles. The molecule has 37 heavy (non-hydrogen) atoms. The van der Waals surface area contributed by atoms with E-state index in [1.165, 1.54) is 44.2 Å². The van der Waals surface area contributed by atoms with E-state index in [-0.39, 0.29) is 5.41 Å². The zero-order valence-electron chi connectivity index (χ0n) is 21.3. The molecule has 8 rings (SSSR count). The predicted molar refractivity (Wildman–Crippen MR) is 150 cm³/mol. The lowest BCUT2D eigenvalue weighted by Crippen LogP contribution is -2.30. The van der Waals surface area contributed by atoms with Crippen LogP contribution in [0.1, 0.15) is 30.5 Å². The number of hydrogen-bond donors (Lipinski definition) is 0. The molecule has 0 spiro atoms. The third kappa shape index (κ3) is 2.54. The Labute approximate surface area is 214 Å². The molecule has 3 nitrogen and oxygen atoms in total. The summed E-state index contributed by atoms with van der Waals surface area (Å²) in [6.07, 6.45) is 0. The maximum absolute atomic E-state index is 6.85. The number of benzene rings is 5. The average Bonchev–Trinajstić information content (AvgIpc) is 3.52. The maximum Gasteiger partial charge on any atom is 0.381 e. The topological polar surface area (TPSA) is 30.2 Å². The van der Waals surface area contributed by atoms with Crippen molar-refractivity contribution in [2.75, 3.05) is 0 Å². The summed E-state index contributed by atoms with van der Waals surface area (Å²) in [6.45, 7) is 6.91. The molecule has 0 amide bonds. The number of rotatable bonds is 1. The fourth-order valence-electron chi connectivity index (χ4n) is 6.79. The number of furan rings is 1. The van der Waals surface area contributed by atoms with Gasteiger partial charge in [-0.15, -0.1) is 0 Å². The molecule has 7 aromatic rings. The Balaban J connectivity index is 1.47. The summed E-state index contributed by atoms with van der Waals surface area (Å²) >= 11 is 0. The number of para-hydroxylation sites is 1. The molecule has 0 radical (unpaired) electrons. The summed E-state index contributed by atoms with van der Waals surface area (Å²) in [6, 6.07) is 30.2. The molecule has 178 valence electrons. The number of fused-ring (bicyclic) bond motifs is 10. The van der Waals surface area contributed by atoms with E-state index in [1.54, 1.807) is 0 Å². The minimum absolute atomic E-state index is 0.184. The smallest absolute Gasteiger partial charge is 0.381 e. The van der Waals surface area contributed by atoms with Crippen LogP contribution in [0.4, 0.5) is 0 Å². The van der Waals surface area contributed by atoms with E-state index < -0.39 is 0 Å². The van der Waals surface area contributed by atoms with Crippen LogP contribution >= 0.6 is 0 Å². The Morgan fingerprint density at radius 2 is 1.41 bits per heavy atom. The summed E-state index contributed by atoms with van der Waals surface area (Å²) in [5.41, 5.74) is 11.2. The van der Waals surface area contributed by atoms with Crippen molar-refractivity contribution in [3.8, 4) is 22.6 Å². The molecule has 5 aromatic carbocycles. The Kier molecular flexibility index (Phi) is 3.87. The van der Waals surface area contributed by atoms with Gasteiger partial charge in [0.15, 0.2) is 0 Å². The second-order valence-electron chi connectivity index (χ2n) is 10.9. The van der Waals surface area contributed by atoms with Gasteiger partial charge >= 0.3 is 5.89 Å². The van der Waals surface area contributed by atoms with Crippen molar-refractivity contribution in [2.24, 2.45) is 7.05 Å². The zero-order valence-corrected chi connectivity index (χ0v) is 21.3. The van der Waals surface area contributed by atoms with Gasteiger partial charge in [0.1, 0.15) is 18.2 Å². The van der Waals surface area contributed by atoms with Gasteiger partial charge in [-0.3, -0.25) is 0 Å². The highest BCUT2D eigenvalue weighted by Gasteiger charge is 2.42. The van der Waals surface area contributed by atoms with E-state index in [9.17, 15) is 0 Å². The monoisotopic (exact) mass is 480 g/mol. The first-order chi connectivity index (χ1) is 17.9. The van der Waals surface area contributed by atoms with Crippen LogP contribution in [0.2, 0.25) is 0 Å². The first-order valence-electron chi connectivity index (χ1n) is 12.8. The highest BCUT2D eigenvalue weighted by Crippen LogP contribution is 2.55. The van der Waals surface area contributed by atoms with Crippen LogP contribution in [-0.2, 0) is 12.5 Å².